The molecule has 0 aromatic heterocycles. The molecule has 0 spiro atoms. The normalized spacial score (nSPS) is 10.2. The molecule has 2 aromatic rings. The predicted octanol–water partition coefficient (Wildman–Crippen LogP) is 2.44. The number of amides is 1. The van der Waals surface area contributed by atoms with Crippen molar-refractivity contribution in [3.05, 3.63) is 65.2 Å². The van der Waals surface area contributed by atoms with Crippen LogP contribution in [0.5, 0.6) is 0 Å². The summed E-state index contributed by atoms with van der Waals surface area (Å²) in [5, 5.41) is 2.91. The van der Waals surface area contributed by atoms with Gasteiger partial charge in [0.15, 0.2) is 0 Å². The molecule has 2 rings (SSSR count). The Hall–Kier alpha value is -2.29. The van der Waals surface area contributed by atoms with Crippen LogP contribution in [0.3, 0.4) is 0 Å². The van der Waals surface area contributed by atoms with Crippen LogP contribution in [0.2, 0.25) is 0 Å². The fourth-order valence-corrected chi connectivity index (χ4v) is 1.91. The Balaban J connectivity index is 1.86. The van der Waals surface area contributed by atoms with Gasteiger partial charge in [0.25, 0.3) is 0 Å². The summed E-state index contributed by atoms with van der Waals surface area (Å²) >= 11 is 0. The van der Waals surface area contributed by atoms with Crippen molar-refractivity contribution in [2.45, 2.75) is 19.9 Å². The van der Waals surface area contributed by atoms with E-state index in [4.69, 9.17) is 5.73 Å². The van der Waals surface area contributed by atoms with Crippen molar-refractivity contribution < 1.29 is 4.79 Å². The van der Waals surface area contributed by atoms with Gasteiger partial charge in [-0.2, -0.15) is 0 Å². The Bertz CT molecular complexity index is 561. The van der Waals surface area contributed by atoms with E-state index in [0.29, 0.717) is 13.0 Å². The highest BCUT2D eigenvalue weighted by Crippen LogP contribution is 2.06. The lowest BCUT2D eigenvalue weighted by Crippen LogP contribution is -2.24. The summed E-state index contributed by atoms with van der Waals surface area (Å²) in [4.78, 5) is 11.8. The maximum Gasteiger partial charge on any atom is 0.224 e. The van der Waals surface area contributed by atoms with Crippen LogP contribution in [0.15, 0.2) is 48.5 Å². The topological polar surface area (TPSA) is 55.1 Å². The van der Waals surface area contributed by atoms with E-state index in [-0.39, 0.29) is 5.91 Å². The molecule has 0 unspecified atom stereocenters. The van der Waals surface area contributed by atoms with Crippen LogP contribution in [-0.2, 0) is 17.8 Å². The Kier molecular flexibility index (Phi) is 4.18. The van der Waals surface area contributed by atoms with Gasteiger partial charge in [0.1, 0.15) is 0 Å². The molecule has 0 bridgehead atoms. The smallest absolute Gasteiger partial charge is 0.224 e. The molecule has 0 saturated heterocycles. The number of rotatable bonds is 4. The second-order valence-corrected chi connectivity index (χ2v) is 4.68. The average molecular weight is 254 g/mol. The zero-order chi connectivity index (χ0) is 13.7. The second kappa shape index (κ2) is 6.05. The molecule has 3 N–H and O–H groups in total. The SMILES string of the molecule is Cc1cccc(CC(=O)NCc2ccc(N)cc2)c1. The molecule has 98 valence electrons. The number of nitrogen functional groups attached to an aromatic ring is 1. The molecule has 2 aromatic carbocycles. The standard InChI is InChI=1S/C16H18N2O/c1-12-3-2-4-14(9-12)10-16(19)18-11-13-5-7-15(17)8-6-13/h2-9H,10-11,17H2,1H3,(H,18,19). The number of nitrogens with one attached hydrogen (secondary N) is 1. The number of nitrogens with two attached hydrogens (primary N) is 1. The van der Waals surface area contributed by atoms with Gasteiger partial charge in [-0.05, 0) is 30.2 Å². The monoisotopic (exact) mass is 254 g/mol. The molecule has 1 amide bonds. The molecule has 3 nitrogen and oxygen atoms in total. The van der Waals surface area contributed by atoms with Gasteiger partial charge in [0.2, 0.25) is 5.91 Å². The quantitative estimate of drug-likeness (QED) is 0.823. The number of benzene rings is 2. The van der Waals surface area contributed by atoms with Crippen molar-refractivity contribution in [2.24, 2.45) is 0 Å². The van der Waals surface area contributed by atoms with Crippen LogP contribution in [0.25, 0.3) is 0 Å². The molecule has 19 heavy (non-hydrogen) atoms. The van der Waals surface area contributed by atoms with Crippen molar-refractivity contribution in [3.63, 3.8) is 0 Å². The first-order valence-corrected chi connectivity index (χ1v) is 6.30. The number of anilines is 1. The molecule has 0 saturated carbocycles. The second-order valence-electron chi connectivity index (χ2n) is 4.68. The highest BCUT2D eigenvalue weighted by molar-refractivity contribution is 5.78. The minimum absolute atomic E-state index is 0.0300. The number of aryl methyl sites for hydroxylation is 1. The zero-order valence-electron chi connectivity index (χ0n) is 11.0. The van der Waals surface area contributed by atoms with E-state index in [1.165, 1.54) is 5.56 Å². The van der Waals surface area contributed by atoms with E-state index in [2.05, 4.69) is 5.32 Å². The van der Waals surface area contributed by atoms with E-state index in [1.54, 1.807) is 0 Å². The summed E-state index contributed by atoms with van der Waals surface area (Å²) in [6.45, 7) is 2.56. The van der Waals surface area contributed by atoms with Crippen molar-refractivity contribution >= 4 is 11.6 Å². The van der Waals surface area contributed by atoms with Gasteiger partial charge in [0.05, 0.1) is 6.42 Å². The summed E-state index contributed by atoms with van der Waals surface area (Å²) in [6.07, 6.45) is 0.413. The molecule has 0 aliphatic rings. The highest BCUT2D eigenvalue weighted by Gasteiger charge is 2.03. The van der Waals surface area contributed by atoms with Crippen LogP contribution in [0.4, 0.5) is 5.69 Å². The van der Waals surface area contributed by atoms with E-state index < -0.39 is 0 Å². The molecule has 0 aliphatic carbocycles. The summed E-state index contributed by atoms with van der Waals surface area (Å²) < 4.78 is 0. The first kappa shape index (κ1) is 13.1. The van der Waals surface area contributed by atoms with Crippen molar-refractivity contribution in [1.82, 2.24) is 5.32 Å². The number of carbonyl (C=O) groups is 1. The molecule has 3 heteroatoms. The van der Waals surface area contributed by atoms with Crippen LogP contribution in [0, 0.1) is 6.92 Å². The molecular formula is C16H18N2O. The molecule has 0 atom stereocenters. The fourth-order valence-electron chi connectivity index (χ4n) is 1.91. The van der Waals surface area contributed by atoms with E-state index in [9.17, 15) is 4.79 Å². The summed E-state index contributed by atoms with van der Waals surface area (Å²) in [7, 11) is 0. The average Bonchev–Trinajstić information content (AvgIpc) is 2.38. The zero-order valence-corrected chi connectivity index (χ0v) is 11.0. The Labute approximate surface area is 113 Å². The molecule has 0 fully saturated rings. The number of carbonyl (C=O) groups excluding carboxylic acids is 1. The Morgan fingerprint density at radius 2 is 1.84 bits per heavy atom. The number of hydrogen-bond donors (Lipinski definition) is 2. The third kappa shape index (κ3) is 4.14. The summed E-state index contributed by atoms with van der Waals surface area (Å²) in [5.41, 5.74) is 9.60. The predicted molar refractivity (Wildman–Crippen MR) is 77.6 cm³/mol. The minimum Gasteiger partial charge on any atom is -0.399 e. The molecular weight excluding hydrogens is 236 g/mol. The van der Waals surface area contributed by atoms with E-state index in [0.717, 1.165) is 16.8 Å². The van der Waals surface area contributed by atoms with Crippen molar-refractivity contribution in [1.29, 1.82) is 0 Å². The highest BCUT2D eigenvalue weighted by atomic mass is 16.1. The molecule has 0 radical (unpaired) electrons. The minimum atomic E-state index is 0.0300. The Morgan fingerprint density at radius 3 is 2.53 bits per heavy atom. The lowest BCUT2D eigenvalue weighted by Gasteiger charge is -2.06. The van der Waals surface area contributed by atoms with Gasteiger partial charge in [-0.25, -0.2) is 0 Å². The third-order valence-corrected chi connectivity index (χ3v) is 2.92. The molecule has 0 aliphatic heterocycles. The van der Waals surface area contributed by atoms with E-state index in [1.807, 2.05) is 55.5 Å². The van der Waals surface area contributed by atoms with Crippen LogP contribution >= 0.6 is 0 Å². The Morgan fingerprint density at radius 1 is 1.11 bits per heavy atom. The van der Waals surface area contributed by atoms with Gasteiger partial charge >= 0.3 is 0 Å². The maximum absolute atomic E-state index is 11.8. The largest absolute Gasteiger partial charge is 0.399 e. The first-order chi connectivity index (χ1) is 9.13. The molecule has 0 heterocycles. The summed E-state index contributed by atoms with van der Waals surface area (Å²) in [5.74, 6) is 0.0300. The van der Waals surface area contributed by atoms with Gasteiger partial charge in [0, 0.05) is 12.2 Å². The van der Waals surface area contributed by atoms with Crippen LogP contribution in [0.1, 0.15) is 16.7 Å². The lowest BCUT2D eigenvalue weighted by molar-refractivity contribution is -0.120. The van der Waals surface area contributed by atoms with Crippen molar-refractivity contribution in [2.75, 3.05) is 5.73 Å². The van der Waals surface area contributed by atoms with Gasteiger partial charge in [-0.3, -0.25) is 4.79 Å². The summed E-state index contributed by atoms with van der Waals surface area (Å²) in [6, 6.07) is 15.5. The fraction of sp³-hybridized carbons (Fsp3) is 0.188. The number of hydrogen-bond acceptors (Lipinski definition) is 2. The maximum atomic E-state index is 11.8. The van der Waals surface area contributed by atoms with Crippen LogP contribution in [-0.4, -0.2) is 5.91 Å². The van der Waals surface area contributed by atoms with Crippen molar-refractivity contribution in [3.8, 4) is 0 Å². The van der Waals surface area contributed by atoms with Gasteiger partial charge in [-0.1, -0.05) is 42.0 Å². The van der Waals surface area contributed by atoms with Gasteiger partial charge < -0.3 is 11.1 Å². The van der Waals surface area contributed by atoms with E-state index >= 15 is 0 Å². The third-order valence-electron chi connectivity index (χ3n) is 2.92. The first-order valence-electron chi connectivity index (χ1n) is 6.30. The lowest BCUT2D eigenvalue weighted by atomic mass is 10.1. The van der Waals surface area contributed by atoms with Gasteiger partial charge in [-0.15, -0.1) is 0 Å². The van der Waals surface area contributed by atoms with Crippen LogP contribution < -0.4 is 11.1 Å².